The molecular weight excluding hydrogens is 710 g/mol. The van der Waals surface area contributed by atoms with E-state index in [1.165, 1.54) is 30.3 Å². The number of alkyl halides is 3. The van der Waals surface area contributed by atoms with E-state index in [2.05, 4.69) is 4.74 Å². The van der Waals surface area contributed by atoms with Gasteiger partial charge in [0.05, 0.1) is 38.3 Å². The number of para-hydroxylation sites is 1. The molecule has 4 aromatic carbocycles. The lowest BCUT2D eigenvalue weighted by Gasteiger charge is -2.42. The van der Waals surface area contributed by atoms with Crippen LogP contribution in [-0.4, -0.2) is 59.4 Å². The lowest BCUT2D eigenvalue weighted by molar-refractivity contribution is -0.138. The Morgan fingerprint density at radius 2 is 1.72 bits per heavy atom. The van der Waals surface area contributed by atoms with Gasteiger partial charge in [-0.15, -0.1) is 11.8 Å². The number of nitrogens with zero attached hydrogens (tertiary/aromatic N) is 3. The molecule has 0 saturated carbocycles. The molecule has 0 spiro atoms. The second kappa shape index (κ2) is 16.7. The Labute approximate surface area is 333 Å². The Hall–Kier alpha value is -4.52. The number of methoxy groups -OCH3 is 1. The number of aromatic nitrogens is 1. The summed E-state index contributed by atoms with van der Waals surface area (Å²) in [5, 5.41) is -0.806. The number of likely N-dealkylation sites (tertiary alicyclic amines) is 1. The fourth-order valence-electron chi connectivity index (χ4n) is 5.30. The Bertz CT molecular complexity index is 2840. The number of piperidine rings is 1. The summed E-state index contributed by atoms with van der Waals surface area (Å²) in [5.74, 6) is -5.42. The lowest BCUT2D eigenvalue weighted by atomic mass is 9.96. The zero-order chi connectivity index (χ0) is 52.8. The van der Waals surface area contributed by atoms with Gasteiger partial charge < -0.3 is 19.1 Å². The van der Waals surface area contributed by atoms with Crippen molar-refractivity contribution in [1.82, 2.24) is 14.4 Å². The number of ether oxygens (including phenoxy) is 1. The van der Waals surface area contributed by atoms with Crippen LogP contribution in [0.25, 0.3) is 22.0 Å². The predicted molar refractivity (Wildman–Crippen MR) is 198 cm³/mol. The van der Waals surface area contributed by atoms with Crippen LogP contribution in [0.4, 0.5) is 22.0 Å². The molecule has 6 nitrogen and oxygen atoms in total. The van der Waals surface area contributed by atoms with Crippen LogP contribution in [0.1, 0.15) is 65.7 Å². The van der Waals surface area contributed by atoms with Crippen LogP contribution in [0.5, 0.6) is 0 Å². The first-order valence-electron chi connectivity index (χ1n) is 24.1. The molecule has 1 unspecified atom stereocenters. The van der Waals surface area contributed by atoms with Crippen LogP contribution in [0.2, 0.25) is 0 Å². The first kappa shape index (κ1) is 22.0. The first-order valence-corrected chi connectivity index (χ1v) is 16.6. The third kappa shape index (κ3) is 8.83. The van der Waals surface area contributed by atoms with Crippen LogP contribution in [0.3, 0.4) is 0 Å². The second-order valence-electron chi connectivity index (χ2n) is 11.3. The topological polar surface area (TPSA) is 54.8 Å². The highest BCUT2D eigenvalue weighted by Gasteiger charge is 2.33. The minimum atomic E-state index is -4.70. The highest BCUT2D eigenvalue weighted by atomic mass is 32.2. The van der Waals surface area contributed by atoms with E-state index in [-0.39, 0.29) is 22.1 Å². The highest BCUT2D eigenvalue weighted by molar-refractivity contribution is 7.98. The van der Waals surface area contributed by atoms with Gasteiger partial charge in [-0.2, -0.15) is 13.2 Å². The maximum Gasteiger partial charge on any atom is 0.416 e. The number of thioether (sulfide) groups is 1. The average molecular weight is 767 g/mol. The molecule has 53 heavy (non-hydrogen) atoms. The lowest BCUT2D eigenvalue weighted by Crippen LogP contribution is -2.49. The monoisotopic (exact) mass is 766 g/mol. The van der Waals surface area contributed by atoms with Crippen LogP contribution in [0.15, 0.2) is 107 Å². The van der Waals surface area contributed by atoms with Crippen LogP contribution >= 0.6 is 11.8 Å². The Kier molecular flexibility index (Phi) is 6.91. The summed E-state index contributed by atoms with van der Waals surface area (Å²) in [4.78, 5) is 28.1. The van der Waals surface area contributed by atoms with E-state index < -0.39 is 131 Å². The van der Waals surface area contributed by atoms with Gasteiger partial charge in [-0.25, -0.2) is 8.78 Å². The van der Waals surface area contributed by atoms with Gasteiger partial charge in [0.1, 0.15) is 6.50 Å². The summed E-state index contributed by atoms with van der Waals surface area (Å²) in [6, 6.07) is 9.17. The SMILES string of the molecule is [2H]C([2H])([2H])OCC([2H])([2H])N1C([2H])([2H])C([2H])([2H])C([2H])(N(C(=O)C([2H])([2H])n2c(SCc3cccc(F)c3F)cc(=O)c3ccccc32)C([2H])(C)c2ccc(-c3ccc(C(F)(F)F)cc3)cc2)C([2H])([2H])C1([2H])[2H]. The molecule has 1 atom stereocenters. The summed E-state index contributed by atoms with van der Waals surface area (Å²) in [6.07, 6.45) is -13.7. The van der Waals surface area contributed by atoms with Crippen molar-refractivity contribution in [3.05, 3.63) is 136 Å². The van der Waals surface area contributed by atoms with Crippen LogP contribution in [-0.2, 0) is 28.0 Å². The number of carbonyl (C=O) groups is 1. The minimum absolute atomic E-state index is 0.159. The summed E-state index contributed by atoms with van der Waals surface area (Å²) < 4.78 is 226. The maximum atomic E-state index is 15.7. The van der Waals surface area contributed by atoms with Crippen LogP contribution < -0.4 is 5.43 Å². The van der Waals surface area contributed by atoms with E-state index >= 15 is 4.79 Å². The maximum absolute atomic E-state index is 15.7. The summed E-state index contributed by atoms with van der Waals surface area (Å²) in [5.41, 5.74) is -2.75. The van der Waals surface area contributed by atoms with Gasteiger partial charge in [0, 0.05) is 69.0 Å². The number of hydrogen-bond acceptors (Lipinski definition) is 5. The molecule has 1 amide bonds. The predicted octanol–water partition coefficient (Wildman–Crippen LogP) is 8.96. The molecule has 0 bridgehead atoms. The highest BCUT2D eigenvalue weighted by Crippen LogP contribution is 2.34. The second-order valence-corrected chi connectivity index (χ2v) is 12.3. The van der Waals surface area contributed by atoms with Crippen molar-refractivity contribution in [3.63, 3.8) is 0 Å². The van der Waals surface area contributed by atoms with Gasteiger partial charge in [0.15, 0.2) is 17.1 Å². The minimum Gasteiger partial charge on any atom is -0.383 e. The first-order chi connectivity index (χ1) is 31.8. The molecule has 1 saturated heterocycles. The fraction of sp³-hybridized carbons (Fsp3) is 0.317. The van der Waals surface area contributed by atoms with Crippen molar-refractivity contribution < 1.29 is 54.8 Å². The van der Waals surface area contributed by atoms with Crippen LogP contribution in [0, 0.1) is 11.6 Å². The normalized spacial score (nSPS) is 25.3. The molecule has 0 N–H and O–H groups in total. The van der Waals surface area contributed by atoms with Gasteiger partial charge in [-0.3, -0.25) is 9.59 Å². The molecule has 5 aromatic rings. The largest absolute Gasteiger partial charge is 0.416 e. The van der Waals surface area contributed by atoms with Gasteiger partial charge in [-0.05, 0) is 66.7 Å². The van der Waals surface area contributed by atoms with E-state index in [9.17, 15) is 37.7 Å². The zero-order valence-electron chi connectivity index (χ0n) is 44.5. The van der Waals surface area contributed by atoms with E-state index in [1.807, 2.05) is 0 Å². The smallest absolute Gasteiger partial charge is 0.383 e. The molecule has 1 aromatic heterocycles. The quantitative estimate of drug-likeness (QED) is 0.0938. The van der Waals surface area contributed by atoms with Crippen molar-refractivity contribution in [2.75, 3.05) is 33.1 Å². The standard InChI is InChI=1S/C41H40F5N3O3S/c1-27(28-10-12-29(13-11-28)30-14-16-32(17-15-30)41(44,45)46)49(33-18-20-47(21-19-33)22-23-52-2)38(51)25-48-36-9-4-3-7-34(36)37(50)24-39(48)53-26-31-6-5-8-35(42)40(31)43/h3-17,24,27,33H,18-23,25-26H2,1-2H3/i2D3,18D2,19D2,20D2,21D2,22D2,25D2,27D,33D. The van der Waals surface area contributed by atoms with Gasteiger partial charge in [-0.1, -0.05) is 60.7 Å². The average Bonchev–Trinajstić information content (AvgIpc) is 3.24. The third-order valence-electron chi connectivity index (χ3n) is 7.98. The van der Waals surface area contributed by atoms with Crippen molar-refractivity contribution >= 4 is 28.6 Å². The van der Waals surface area contributed by atoms with Gasteiger partial charge >= 0.3 is 6.18 Å². The molecule has 6 rings (SSSR count). The van der Waals surface area contributed by atoms with E-state index in [0.717, 1.165) is 66.7 Å². The number of halogens is 5. The van der Waals surface area contributed by atoms with Crippen molar-refractivity contribution in [2.24, 2.45) is 0 Å². The summed E-state index contributed by atoms with van der Waals surface area (Å²) >= 11 is 0.478. The number of benzene rings is 4. The van der Waals surface area contributed by atoms with E-state index in [4.69, 9.17) is 12.3 Å². The number of fused-ring (bicyclic) bond motifs is 1. The molecule has 12 heteroatoms. The molecule has 278 valence electrons. The Morgan fingerprint density at radius 1 is 1.04 bits per heavy atom. The summed E-state index contributed by atoms with van der Waals surface area (Å²) in [7, 11) is -3.42. The molecule has 0 aliphatic carbocycles. The number of pyridine rings is 1. The van der Waals surface area contributed by atoms with Crippen molar-refractivity contribution in [3.8, 4) is 11.1 Å². The van der Waals surface area contributed by atoms with Crippen molar-refractivity contribution in [1.29, 1.82) is 0 Å². The fourth-order valence-corrected chi connectivity index (χ4v) is 6.29. The van der Waals surface area contributed by atoms with E-state index in [0.29, 0.717) is 23.3 Å². The van der Waals surface area contributed by atoms with Crippen molar-refractivity contribution in [2.45, 2.75) is 55.2 Å². The third-order valence-corrected chi connectivity index (χ3v) is 9.03. The molecule has 1 fully saturated rings. The molecule has 1 aliphatic rings. The molecule has 2 heterocycles. The number of amides is 1. The van der Waals surface area contributed by atoms with Gasteiger partial charge in [0.25, 0.3) is 0 Å². The molecule has 1 aliphatic heterocycles. The Balaban J connectivity index is 1.63. The Morgan fingerprint density at radius 3 is 2.40 bits per heavy atom. The summed E-state index contributed by atoms with van der Waals surface area (Å²) in [6.45, 7) is -17.5. The molecule has 0 radical (unpaired) electrons. The van der Waals surface area contributed by atoms with Gasteiger partial charge in [0.2, 0.25) is 5.91 Å². The number of hydrogen-bond donors (Lipinski definition) is 0. The molecular formula is C41H40F5N3O3S. The number of rotatable bonds is 12. The zero-order valence-corrected chi connectivity index (χ0v) is 28.3. The number of carbonyl (C=O) groups excluding carboxylic acids is 1. The van der Waals surface area contributed by atoms with E-state index in [1.54, 1.807) is 0 Å².